The fraction of sp³-hybridized carbons (Fsp3) is 0.379. The second-order valence-corrected chi connectivity index (χ2v) is 23.8. The number of halogens is 2. The molecule has 4 atom stereocenters. The van der Waals surface area contributed by atoms with Crippen LogP contribution in [0.25, 0.3) is 44.3 Å². The summed E-state index contributed by atoms with van der Waals surface area (Å²) in [7, 11) is 7.61. The number of nitrogens with zero attached hydrogens (tertiary/aromatic N) is 11. The van der Waals surface area contributed by atoms with Crippen LogP contribution in [0.4, 0.5) is 46.0 Å². The van der Waals surface area contributed by atoms with Gasteiger partial charge in [-0.15, -0.1) is 0 Å². The summed E-state index contributed by atoms with van der Waals surface area (Å²) in [4.78, 5) is 40.0. The van der Waals surface area contributed by atoms with Crippen molar-refractivity contribution in [2.24, 2.45) is 23.7 Å². The molecule has 4 aliphatic heterocycles. The minimum absolute atomic E-state index is 0.0430. The third-order valence-corrected chi connectivity index (χ3v) is 17.9. The quantitative estimate of drug-likeness (QED) is 0.0562. The zero-order chi connectivity index (χ0) is 53.5. The van der Waals surface area contributed by atoms with E-state index in [1.807, 2.05) is 18.2 Å². The van der Waals surface area contributed by atoms with Gasteiger partial charge in [-0.05, 0) is 114 Å². The van der Waals surface area contributed by atoms with Gasteiger partial charge in [-0.25, -0.2) is 19.9 Å². The van der Waals surface area contributed by atoms with E-state index >= 15 is 0 Å². The average molecular weight is 1180 g/mol. The monoisotopic (exact) mass is 1180 g/mol. The van der Waals surface area contributed by atoms with Gasteiger partial charge < -0.3 is 54.6 Å². The highest BCUT2D eigenvalue weighted by Gasteiger charge is 2.42. The maximum Gasteiger partial charge on any atom is 0.294 e. The molecule has 14 rings (SSSR count). The molecule has 20 heteroatoms. The number of nitrogen functional groups attached to an aromatic ring is 1. The van der Waals surface area contributed by atoms with Crippen LogP contribution < -0.4 is 35.6 Å². The Balaban J connectivity index is 0.000000149. The van der Waals surface area contributed by atoms with Crippen LogP contribution in [0.1, 0.15) is 37.8 Å². The number of methoxy groups -OCH3 is 2. The first-order chi connectivity index (χ1) is 37.9. The van der Waals surface area contributed by atoms with Gasteiger partial charge in [0.05, 0.1) is 62.2 Å². The zero-order valence-electron chi connectivity index (χ0n) is 44.1. The van der Waals surface area contributed by atoms with Crippen LogP contribution in [0, 0.1) is 33.8 Å². The summed E-state index contributed by atoms with van der Waals surface area (Å²) in [6.07, 6.45) is 12.7. The number of rotatable bonds is 13. The summed E-state index contributed by atoms with van der Waals surface area (Å²) in [6, 6.07) is 25.3. The molecular weight excluding hydrogens is 1120 g/mol. The molecule has 0 bridgehead atoms. The smallest absolute Gasteiger partial charge is 0.294 e. The van der Waals surface area contributed by atoms with E-state index in [2.05, 4.69) is 150 Å². The molecule has 4 aromatic carbocycles. The summed E-state index contributed by atoms with van der Waals surface area (Å²) >= 11 is 7.34. The molecule has 18 nitrogen and oxygen atoms in total. The van der Waals surface area contributed by atoms with E-state index in [1.54, 1.807) is 38.7 Å². The molecule has 78 heavy (non-hydrogen) atoms. The van der Waals surface area contributed by atoms with Crippen molar-refractivity contribution in [1.82, 2.24) is 38.9 Å². The molecule has 0 spiro atoms. The van der Waals surface area contributed by atoms with Crippen molar-refractivity contribution in [2.75, 3.05) is 107 Å². The summed E-state index contributed by atoms with van der Waals surface area (Å²) in [6.45, 7) is 8.02. The van der Waals surface area contributed by atoms with Crippen LogP contribution in [-0.4, -0.2) is 124 Å². The van der Waals surface area contributed by atoms with E-state index in [0.717, 1.165) is 112 Å². The molecule has 402 valence electrons. The number of nitrogens with two attached hydrogens (primary N) is 1. The Bertz CT molecular complexity index is 3610. The molecule has 6 aliphatic rings. The highest BCUT2D eigenvalue weighted by atomic mass is 79.9. The summed E-state index contributed by atoms with van der Waals surface area (Å²) < 4.78 is 17.9. The minimum Gasteiger partial charge on any atom is -0.494 e. The van der Waals surface area contributed by atoms with Gasteiger partial charge in [0.2, 0.25) is 11.9 Å². The number of likely N-dealkylation sites (tertiary alicyclic amines) is 2. The Morgan fingerprint density at radius 1 is 0.615 bits per heavy atom. The van der Waals surface area contributed by atoms with E-state index in [4.69, 9.17) is 25.2 Å². The topological polar surface area (TPSA) is 186 Å². The maximum absolute atomic E-state index is 12.2. The molecular formula is C58H62Br2N14O4. The van der Waals surface area contributed by atoms with E-state index in [1.165, 1.54) is 42.1 Å². The van der Waals surface area contributed by atoms with Crippen LogP contribution in [-0.2, 0) is 0 Å². The van der Waals surface area contributed by atoms with Crippen LogP contribution >= 0.6 is 31.9 Å². The number of nitrogens with one attached hydrogen (secondary N) is 2. The molecule has 6 fully saturated rings. The number of anilines is 7. The maximum atomic E-state index is 12.2. The van der Waals surface area contributed by atoms with Gasteiger partial charge in [0.25, 0.3) is 5.69 Å². The number of ether oxygens (including phenoxy) is 2. The molecule has 2 saturated carbocycles. The lowest BCUT2D eigenvalue weighted by atomic mass is 10.0. The van der Waals surface area contributed by atoms with Crippen molar-refractivity contribution in [3.8, 4) is 34.0 Å². The summed E-state index contributed by atoms with van der Waals surface area (Å²) in [5.74, 6) is 4.50. The first-order valence-corrected chi connectivity index (χ1v) is 28.5. The van der Waals surface area contributed by atoms with Crippen LogP contribution in [0.5, 0.6) is 11.5 Å². The summed E-state index contributed by atoms with van der Waals surface area (Å²) in [5, 5.41) is 21.1. The zero-order valence-corrected chi connectivity index (χ0v) is 47.2. The molecule has 4 saturated heterocycles. The predicted molar refractivity (Wildman–Crippen MR) is 315 cm³/mol. The van der Waals surface area contributed by atoms with E-state index in [-0.39, 0.29) is 10.6 Å². The van der Waals surface area contributed by atoms with Crippen molar-refractivity contribution in [2.45, 2.75) is 37.8 Å². The van der Waals surface area contributed by atoms with Crippen LogP contribution in [0.15, 0.2) is 107 Å². The lowest BCUT2D eigenvalue weighted by Gasteiger charge is -2.24. The first-order valence-electron chi connectivity index (χ1n) is 26.9. The van der Waals surface area contributed by atoms with Crippen molar-refractivity contribution in [1.29, 1.82) is 0 Å². The number of fused-ring (bicyclic) bond motifs is 4. The average Bonchev–Trinajstić information content (AvgIpc) is 4.23. The molecule has 4 N–H and O–H groups in total. The molecule has 2 aliphatic carbocycles. The van der Waals surface area contributed by atoms with Crippen LogP contribution in [0.2, 0.25) is 0 Å². The Morgan fingerprint density at radius 3 is 1.47 bits per heavy atom. The lowest BCUT2D eigenvalue weighted by molar-refractivity contribution is -0.384. The standard InChI is InChI=1S/C29H30BrN7O3.C29H32BrN7O/c1-34-12-17-14-35(15-18(17)13-34)25-10-27(40-2)23(9-26(25)37(38)39)32-29-31-11-22(30)28(33-29)21-16-36(19-7-8-19)24-6-4-3-5-20(21)24;1-35-12-17-14-36(15-18(17)13-35)26-10-27(38-2)24(9-23(26)31)33-29-32-11-22(30)28(34-29)21-16-37(19-7-8-19)25-6-4-3-5-20(21)25/h3-6,9-11,16-19H,7-8,12-15H2,1-2H3,(H,31,32,33);3-6,9-11,16-19H,7-8,12-15,31H2,1-2H3,(H,32,33,34)/t2*17-,18+. The molecule has 4 aromatic heterocycles. The number of hydrogen-bond donors (Lipinski definition) is 3. The van der Waals surface area contributed by atoms with E-state index in [9.17, 15) is 10.1 Å². The second kappa shape index (κ2) is 20.3. The number of hydrogen-bond acceptors (Lipinski definition) is 15. The van der Waals surface area contributed by atoms with Gasteiger partial charge in [0, 0.05) is 140 Å². The number of para-hydroxylation sites is 2. The Hall–Kier alpha value is -7.00. The van der Waals surface area contributed by atoms with Crippen molar-refractivity contribution >= 4 is 99.7 Å². The lowest BCUT2D eigenvalue weighted by Crippen LogP contribution is -2.27. The Morgan fingerprint density at radius 2 is 1.04 bits per heavy atom. The number of aromatic nitrogens is 6. The van der Waals surface area contributed by atoms with Gasteiger partial charge in [-0.3, -0.25) is 10.1 Å². The van der Waals surface area contributed by atoms with E-state index < -0.39 is 0 Å². The predicted octanol–water partition coefficient (Wildman–Crippen LogP) is 11.4. The van der Waals surface area contributed by atoms with E-state index in [0.29, 0.717) is 64.8 Å². The normalized spacial score (nSPS) is 21.0. The Kier molecular flexibility index (Phi) is 13.2. The highest BCUT2D eigenvalue weighted by Crippen LogP contribution is 2.47. The third-order valence-electron chi connectivity index (χ3n) is 16.7. The molecule has 8 heterocycles. The second-order valence-electron chi connectivity index (χ2n) is 22.1. The largest absolute Gasteiger partial charge is 0.494 e. The fourth-order valence-corrected chi connectivity index (χ4v) is 13.6. The van der Waals surface area contributed by atoms with Crippen molar-refractivity contribution in [3.05, 3.63) is 117 Å². The van der Waals surface area contributed by atoms with Gasteiger partial charge in [0.1, 0.15) is 17.2 Å². The molecule has 0 amide bonds. The van der Waals surface area contributed by atoms with Gasteiger partial charge >= 0.3 is 0 Å². The Labute approximate surface area is 469 Å². The SMILES string of the molecule is COc1cc(N2C[C@H]3CN(C)C[C@H]3C2)c(N)cc1Nc1ncc(Br)c(-c2cn(C3CC3)c3ccccc23)n1.COc1cc(N2C[C@H]3CN(C)C[C@H]3C2)c([N+](=O)[O-])cc1Nc1ncc(Br)c(-c2cn(C3CC3)c3ccccc23)n1. The molecule has 8 aromatic rings. The van der Waals surface area contributed by atoms with Crippen molar-refractivity contribution in [3.63, 3.8) is 0 Å². The van der Waals surface area contributed by atoms with Gasteiger partial charge in [-0.2, -0.15) is 0 Å². The molecule has 0 unspecified atom stereocenters. The van der Waals surface area contributed by atoms with Gasteiger partial charge in [-0.1, -0.05) is 36.4 Å². The number of nitro benzene ring substituents is 1. The summed E-state index contributed by atoms with van der Waals surface area (Å²) in [5.41, 5.74) is 16.4. The molecule has 0 radical (unpaired) electrons. The highest BCUT2D eigenvalue weighted by molar-refractivity contribution is 9.11. The third kappa shape index (κ3) is 9.53. The van der Waals surface area contributed by atoms with Gasteiger partial charge in [0.15, 0.2) is 0 Å². The minimum atomic E-state index is -0.319. The number of benzene rings is 4. The van der Waals surface area contributed by atoms with Crippen LogP contribution in [0.3, 0.4) is 0 Å². The fourth-order valence-electron chi connectivity index (χ4n) is 12.8. The first kappa shape index (κ1) is 50.5. The van der Waals surface area contributed by atoms with Crippen molar-refractivity contribution < 1.29 is 14.4 Å². The number of nitro groups is 1.